The predicted molar refractivity (Wildman–Crippen MR) is 82.2 cm³/mol. The average Bonchev–Trinajstić information content (AvgIpc) is 2.97. The molecular weight excluding hydrogens is 328 g/mol. The summed E-state index contributed by atoms with van der Waals surface area (Å²) in [6.07, 6.45) is -0.406. The molecule has 0 radical (unpaired) electrons. The Bertz CT molecular complexity index is 692. The maximum atomic E-state index is 13.4. The van der Waals surface area contributed by atoms with Gasteiger partial charge in [0.1, 0.15) is 5.69 Å². The minimum Gasteiger partial charge on any atom is -0.350 e. The molecule has 1 unspecified atom stereocenters. The number of carbonyl (C=O) groups excluding carboxylic acids is 1. The second-order valence-electron chi connectivity index (χ2n) is 4.86. The zero-order valence-corrected chi connectivity index (χ0v) is 13.3. The van der Waals surface area contributed by atoms with Crippen LogP contribution in [0.1, 0.15) is 29.4 Å². The minimum absolute atomic E-state index is 0.00855. The van der Waals surface area contributed by atoms with Crippen LogP contribution in [0.5, 0.6) is 0 Å². The van der Waals surface area contributed by atoms with Gasteiger partial charge in [0.05, 0.1) is 16.8 Å². The van der Waals surface area contributed by atoms with Gasteiger partial charge in [-0.05, 0) is 26.1 Å². The summed E-state index contributed by atoms with van der Waals surface area (Å²) in [6.45, 7) is 2.15. The van der Waals surface area contributed by atoms with E-state index in [1.54, 1.807) is 13.1 Å². The lowest BCUT2D eigenvalue weighted by Crippen LogP contribution is -2.37. The van der Waals surface area contributed by atoms with Crippen molar-refractivity contribution in [1.29, 1.82) is 0 Å². The first-order valence-corrected chi connectivity index (χ1v) is 7.26. The highest BCUT2D eigenvalue weighted by Gasteiger charge is 2.26. The zero-order valence-electron chi connectivity index (χ0n) is 12.6. The fraction of sp³-hybridized carbons (Fsp3) is 0.357. The summed E-state index contributed by atoms with van der Waals surface area (Å²) >= 11 is 5.97. The van der Waals surface area contributed by atoms with Crippen LogP contribution in [0.4, 0.5) is 8.78 Å². The van der Waals surface area contributed by atoms with Gasteiger partial charge < -0.3 is 10.6 Å². The highest BCUT2D eigenvalue weighted by Crippen LogP contribution is 2.27. The molecule has 6 nitrogen and oxygen atoms in total. The molecule has 0 spiro atoms. The smallest absolute Gasteiger partial charge is 0.281 e. The molecule has 2 N–H and O–H groups in total. The number of amides is 1. The van der Waals surface area contributed by atoms with E-state index in [2.05, 4.69) is 20.7 Å². The van der Waals surface area contributed by atoms with E-state index in [0.29, 0.717) is 6.54 Å². The number of alkyl halides is 2. The number of rotatable bonds is 6. The molecule has 0 fully saturated rings. The zero-order chi connectivity index (χ0) is 17.0. The van der Waals surface area contributed by atoms with Crippen LogP contribution in [-0.4, -0.2) is 40.3 Å². The number of halogens is 3. The molecule has 9 heteroatoms. The summed E-state index contributed by atoms with van der Waals surface area (Å²) in [5, 5.41) is 9.53. The molecular formula is C14H16ClF2N5O. The van der Waals surface area contributed by atoms with Gasteiger partial charge in [-0.2, -0.15) is 5.10 Å². The van der Waals surface area contributed by atoms with E-state index in [-0.39, 0.29) is 22.4 Å². The van der Waals surface area contributed by atoms with Crippen molar-refractivity contribution in [2.24, 2.45) is 0 Å². The third-order valence-electron chi connectivity index (χ3n) is 3.26. The van der Waals surface area contributed by atoms with E-state index in [0.717, 1.165) is 10.9 Å². The topological polar surface area (TPSA) is 71.8 Å². The summed E-state index contributed by atoms with van der Waals surface area (Å²) in [5.74, 6) is -0.576. The fourth-order valence-electron chi connectivity index (χ4n) is 1.89. The molecule has 0 aliphatic rings. The second-order valence-corrected chi connectivity index (χ2v) is 5.27. The summed E-state index contributed by atoms with van der Waals surface area (Å²) in [7, 11) is 1.74. The van der Waals surface area contributed by atoms with Crippen LogP contribution in [0.25, 0.3) is 5.82 Å². The lowest BCUT2D eigenvalue weighted by Gasteiger charge is -2.12. The number of carbonyl (C=O) groups is 1. The first-order valence-electron chi connectivity index (χ1n) is 6.88. The van der Waals surface area contributed by atoms with Gasteiger partial charge >= 0.3 is 0 Å². The van der Waals surface area contributed by atoms with Gasteiger partial charge in [0.2, 0.25) is 0 Å². The number of nitrogens with zero attached hydrogens (tertiary/aromatic N) is 3. The van der Waals surface area contributed by atoms with Crippen molar-refractivity contribution in [2.45, 2.75) is 19.4 Å². The van der Waals surface area contributed by atoms with Crippen molar-refractivity contribution < 1.29 is 13.6 Å². The van der Waals surface area contributed by atoms with Crippen LogP contribution in [0, 0.1) is 0 Å². The molecule has 124 valence electrons. The van der Waals surface area contributed by atoms with Crippen molar-refractivity contribution in [3.05, 3.63) is 40.8 Å². The molecule has 2 heterocycles. The monoisotopic (exact) mass is 343 g/mol. The van der Waals surface area contributed by atoms with E-state index in [1.165, 1.54) is 12.3 Å². The molecule has 0 aliphatic heterocycles. The highest BCUT2D eigenvalue weighted by molar-refractivity contribution is 6.32. The Morgan fingerprint density at radius 1 is 1.48 bits per heavy atom. The van der Waals surface area contributed by atoms with E-state index < -0.39 is 18.0 Å². The maximum absolute atomic E-state index is 13.4. The normalized spacial score (nSPS) is 12.4. The van der Waals surface area contributed by atoms with Gasteiger partial charge in [-0.3, -0.25) is 4.79 Å². The van der Waals surface area contributed by atoms with Crippen molar-refractivity contribution in [2.75, 3.05) is 13.6 Å². The molecule has 2 aromatic heterocycles. The Morgan fingerprint density at radius 3 is 2.83 bits per heavy atom. The molecule has 1 atom stereocenters. The number of nitrogens with one attached hydrogen (secondary N) is 2. The van der Waals surface area contributed by atoms with E-state index >= 15 is 0 Å². The largest absolute Gasteiger partial charge is 0.350 e. The van der Waals surface area contributed by atoms with Crippen LogP contribution >= 0.6 is 11.6 Å². The quantitative estimate of drug-likeness (QED) is 0.843. The van der Waals surface area contributed by atoms with Gasteiger partial charge in [-0.25, -0.2) is 18.4 Å². The first-order chi connectivity index (χ1) is 11.0. The average molecular weight is 344 g/mol. The summed E-state index contributed by atoms with van der Waals surface area (Å²) in [5.41, 5.74) is -0.745. The molecule has 0 saturated carbocycles. The summed E-state index contributed by atoms with van der Waals surface area (Å²) in [4.78, 5) is 16.1. The third kappa shape index (κ3) is 3.83. The SMILES string of the molecule is CNC(C)CNC(=O)c1cnn(-c2ncccc2Cl)c1C(F)F. The van der Waals surface area contributed by atoms with Gasteiger partial charge in [0.15, 0.2) is 5.82 Å². The molecule has 2 rings (SSSR count). The molecule has 1 amide bonds. The van der Waals surface area contributed by atoms with Crippen LogP contribution in [0.15, 0.2) is 24.5 Å². The highest BCUT2D eigenvalue weighted by atomic mass is 35.5. The second kappa shape index (κ2) is 7.47. The van der Waals surface area contributed by atoms with Crippen LogP contribution in [-0.2, 0) is 0 Å². The third-order valence-corrected chi connectivity index (χ3v) is 3.55. The Kier molecular flexibility index (Phi) is 5.62. The number of likely N-dealkylation sites (N-methyl/N-ethyl adjacent to an activating group) is 1. The molecule has 23 heavy (non-hydrogen) atoms. The fourth-order valence-corrected chi connectivity index (χ4v) is 2.09. The van der Waals surface area contributed by atoms with Crippen LogP contribution < -0.4 is 10.6 Å². The molecule has 0 aromatic carbocycles. The van der Waals surface area contributed by atoms with E-state index in [9.17, 15) is 13.6 Å². The Labute approximate surface area is 136 Å². The summed E-state index contributed by atoms with van der Waals surface area (Å²) in [6, 6.07) is 3.09. The van der Waals surface area contributed by atoms with E-state index in [4.69, 9.17) is 11.6 Å². The van der Waals surface area contributed by atoms with Gasteiger partial charge in [0, 0.05) is 18.8 Å². The van der Waals surface area contributed by atoms with E-state index in [1.807, 2.05) is 6.92 Å². The molecule has 0 aliphatic carbocycles. The van der Waals surface area contributed by atoms with Gasteiger partial charge in [-0.15, -0.1) is 0 Å². The van der Waals surface area contributed by atoms with Crippen molar-refractivity contribution in [3.63, 3.8) is 0 Å². The number of hydrogen-bond acceptors (Lipinski definition) is 4. The summed E-state index contributed by atoms with van der Waals surface area (Å²) < 4.78 is 27.8. The van der Waals surface area contributed by atoms with Gasteiger partial charge in [-0.1, -0.05) is 11.6 Å². The maximum Gasteiger partial charge on any atom is 0.281 e. The number of pyridine rings is 1. The molecule has 0 bridgehead atoms. The number of hydrogen-bond donors (Lipinski definition) is 2. The minimum atomic E-state index is -2.90. The lowest BCUT2D eigenvalue weighted by molar-refractivity contribution is 0.0934. The van der Waals surface area contributed by atoms with Crippen molar-refractivity contribution in [1.82, 2.24) is 25.4 Å². The molecule has 0 saturated heterocycles. The predicted octanol–water partition coefficient (Wildman–Crippen LogP) is 2.20. The Balaban J connectivity index is 2.36. The van der Waals surface area contributed by atoms with Crippen LogP contribution in [0.2, 0.25) is 5.02 Å². The van der Waals surface area contributed by atoms with Crippen molar-refractivity contribution in [3.8, 4) is 5.82 Å². The lowest BCUT2D eigenvalue weighted by atomic mass is 10.2. The van der Waals surface area contributed by atoms with Gasteiger partial charge in [0.25, 0.3) is 12.3 Å². The number of aromatic nitrogens is 3. The Morgan fingerprint density at radius 2 is 2.22 bits per heavy atom. The Hall–Kier alpha value is -2.06. The molecule has 2 aromatic rings. The first kappa shape index (κ1) is 17.3. The standard InChI is InChI=1S/C14H16ClF2N5O/c1-8(18-2)6-20-14(23)9-7-21-22(11(9)12(16)17)13-10(15)4-3-5-19-13/h3-5,7-8,12,18H,6H2,1-2H3,(H,20,23). The van der Waals surface area contributed by atoms with Crippen LogP contribution in [0.3, 0.4) is 0 Å². The van der Waals surface area contributed by atoms with Crippen molar-refractivity contribution >= 4 is 17.5 Å².